The molecule has 0 saturated carbocycles. The fourth-order valence-electron chi connectivity index (χ4n) is 2.55. The van der Waals surface area contributed by atoms with Crippen molar-refractivity contribution in [2.24, 2.45) is 0 Å². The zero-order valence-electron chi connectivity index (χ0n) is 13.0. The molecule has 3 rings (SSSR count). The number of para-hydroxylation sites is 1. The van der Waals surface area contributed by atoms with Crippen LogP contribution in [0.4, 0.5) is 5.69 Å². The molecule has 2 aromatic rings. The molecule has 24 heavy (non-hydrogen) atoms. The minimum absolute atomic E-state index is 0.228. The number of carbonyl (C=O) groups is 2. The molecule has 1 aromatic carbocycles. The molecule has 0 fully saturated rings. The van der Waals surface area contributed by atoms with Crippen LogP contribution in [0.5, 0.6) is 0 Å². The van der Waals surface area contributed by atoms with Gasteiger partial charge in [-0.05, 0) is 25.0 Å². The van der Waals surface area contributed by atoms with Gasteiger partial charge in [-0.25, -0.2) is 4.98 Å². The van der Waals surface area contributed by atoms with Crippen LogP contribution in [0, 0.1) is 11.8 Å². The van der Waals surface area contributed by atoms with Crippen molar-refractivity contribution in [3.05, 3.63) is 47.0 Å². The normalized spacial score (nSPS) is 12.8. The van der Waals surface area contributed by atoms with Crippen molar-refractivity contribution in [2.45, 2.75) is 20.0 Å². The summed E-state index contributed by atoms with van der Waals surface area (Å²) < 4.78 is 1.81. The van der Waals surface area contributed by atoms with Crippen molar-refractivity contribution < 1.29 is 9.59 Å². The van der Waals surface area contributed by atoms with Gasteiger partial charge in [0.05, 0.1) is 23.5 Å². The van der Waals surface area contributed by atoms with Gasteiger partial charge >= 0.3 is 0 Å². The Bertz CT molecular complexity index is 863. The van der Waals surface area contributed by atoms with Gasteiger partial charge in [0.1, 0.15) is 11.5 Å². The Kier molecular flexibility index (Phi) is 4.54. The number of halogens is 1. The number of hydrogen-bond acceptors (Lipinski definition) is 3. The first kappa shape index (κ1) is 16.1. The number of fused-ring (bicyclic) bond motifs is 1. The summed E-state index contributed by atoms with van der Waals surface area (Å²) in [5.74, 6) is 5.27. The molecule has 1 aromatic heterocycles. The summed E-state index contributed by atoms with van der Waals surface area (Å²) in [6.45, 7) is 2.95. The lowest BCUT2D eigenvalue weighted by atomic mass is 10.3. The summed E-state index contributed by atoms with van der Waals surface area (Å²) in [5, 5.41) is 3.25. The first-order valence-corrected chi connectivity index (χ1v) is 7.80. The third-order valence-corrected chi connectivity index (χ3v) is 4.07. The number of anilines is 1. The molecule has 2 heterocycles. The fraction of sp³-hybridized carbons (Fsp3) is 0.235. The van der Waals surface area contributed by atoms with Crippen LogP contribution in [-0.2, 0) is 17.9 Å². The molecule has 0 unspecified atom stereocenters. The maximum atomic E-state index is 12.5. The van der Waals surface area contributed by atoms with Crippen LogP contribution in [0.15, 0.2) is 30.5 Å². The lowest BCUT2D eigenvalue weighted by molar-refractivity contribution is -0.126. The minimum atomic E-state index is -0.282. The highest BCUT2D eigenvalue weighted by atomic mass is 35.5. The van der Waals surface area contributed by atoms with E-state index in [0.717, 1.165) is 0 Å². The van der Waals surface area contributed by atoms with Crippen LogP contribution in [0.25, 0.3) is 0 Å². The Balaban J connectivity index is 1.78. The summed E-state index contributed by atoms with van der Waals surface area (Å²) >= 11 is 6.06. The Morgan fingerprint density at radius 2 is 2.08 bits per heavy atom. The summed E-state index contributed by atoms with van der Waals surface area (Å²) in [6.07, 6.45) is 1.51. The number of amides is 2. The second kappa shape index (κ2) is 6.77. The molecule has 122 valence electrons. The van der Waals surface area contributed by atoms with Crippen molar-refractivity contribution in [3.63, 3.8) is 0 Å². The summed E-state index contributed by atoms with van der Waals surface area (Å²) in [4.78, 5) is 30.2. The van der Waals surface area contributed by atoms with Crippen LogP contribution in [0.3, 0.4) is 0 Å². The van der Waals surface area contributed by atoms with Crippen molar-refractivity contribution >= 4 is 29.1 Å². The molecule has 1 aliphatic rings. The molecule has 0 bridgehead atoms. The second-order valence-electron chi connectivity index (χ2n) is 5.25. The molecule has 0 saturated heterocycles. The van der Waals surface area contributed by atoms with Gasteiger partial charge in [0, 0.05) is 13.1 Å². The molecule has 1 N–H and O–H groups in total. The monoisotopic (exact) mass is 342 g/mol. The van der Waals surface area contributed by atoms with Crippen molar-refractivity contribution in [3.8, 4) is 11.8 Å². The maximum absolute atomic E-state index is 12.5. The first-order chi connectivity index (χ1) is 11.6. The van der Waals surface area contributed by atoms with E-state index in [1.54, 1.807) is 36.1 Å². The third-order valence-electron chi connectivity index (χ3n) is 3.74. The van der Waals surface area contributed by atoms with E-state index in [1.165, 1.54) is 6.20 Å². The Morgan fingerprint density at radius 3 is 2.83 bits per heavy atom. The van der Waals surface area contributed by atoms with Crippen molar-refractivity contribution in [2.75, 3.05) is 11.9 Å². The first-order valence-electron chi connectivity index (χ1n) is 7.42. The van der Waals surface area contributed by atoms with Crippen LogP contribution in [0.2, 0.25) is 5.02 Å². The van der Waals surface area contributed by atoms with Crippen LogP contribution >= 0.6 is 11.6 Å². The topological polar surface area (TPSA) is 67.2 Å². The number of carbonyl (C=O) groups excluding carboxylic acids is 2. The fourth-order valence-corrected chi connectivity index (χ4v) is 2.73. The SMILES string of the molecule is CC#CC(=O)N1CCn2c(C(=O)Nc3ccccc3Cl)cnc2C1. The number of aromatic nitrogens is 2. The molecule has 7 heteroatoms. The van der Waals surface area contributed by atoms with Gasteiger partial charge in [0.15, 0.2) is 0 Å². The zero-order valence-corrected chi connectivity index (χ0v) is 13.8. The van der Waals surface area contributed by atoms with Crippen LogP contribution in [0.1, 0.15) is 23.2 Å². The smallest absolute Gasteiger partial charge is 0.298 e. The quantitative estimate of drug-likeness (QED) is 0.850. The maximum Gasteiger partial charge on any atom is 0.298 e. The van der Waals surface area contributed by atoms with Crippen LogP contribution in [-0.4, -0.2) is 32.8 Å². The molecule has 0 atom stereocenters. The minimum Gasteiger partial charge on any atom is -0.323 e. The molecule has 0 spiro atoms. The van der Waals surface area contributed by atoms with E-state index in [4.69, 9.17) is 11.6 Å². The van der Waals surface area contributed by atoms with Crippen LogP contribution < -0.4 is 5.32 Å². The predicted molar refractivity (Wildman–Crippen MR) is 90.5 cm³/mol. The third kappa shape index (κ3) is 3.12. The number of benzene rings is 1. The van der Waals surface area contributed by atoms with Gasteiger partial charge in [0.2, 0.25) is 0 Å². The summed E-state index contributed by atoms with van der Waals surface area (Å²) in [7, 11) is 0. The van der Waals surface area contributed by atoms with E-state index in [9.17, 15) is 9.59 Å². The number of nitrogens with zero attached hydrogens (tertiary/aromatic N) is 3. The lowest BCUT2D eigenvalue weighted by Gasteiger charge is -2.26. The lowest BCUT2D eigenvalue weighted by Crippen LogP contribution is -2.38. The molecular weight excluding hydrogens is 328 g/mol. The summed E-state index contributed by atoms with van der Waals surface area (Å²) in [5.41, 5.74) is 0.990. The van der Waals surface area contributed by atoms with E-state index in [-0.39, 0.29) is 11.8 Å². The number of rotatable bonds is 2. The standard InChI is InChI=1S/C17H15ClN4O2/c1-2-5-16(23)21-8-9-22-14(10-19-15(22)11-21)17(24)20-13-7-4-3-6-12(13)18/h3-4,6-7,10H,8-9,11H2,1H3,(H,20,24). The van der Waals surface area contributed by atoms with Gasteiger partial charge < -0.3 is 14.8 Å². The molecule has 0 aliphatic carbocycles. The Labute approximate surface area is 144 Å². The van der Waals surface area contributed by atoms with Crippen molar-refractivity contribution in [1.29, 1.82) is 0 Å². The Morgan fingerprint density at radius 1 is 1.29 bits per heavy atom. The summed E-state index contributed by atoms with van der Waals surface area (Å²) in [6, 6.07) is 7.04. The largest absolute Gasteiger partial charge is 0.323 e. The van der Waals surface area contributed by atoms with E-state index in [2.05, 4.69) is 22.1 Å². The highest BCUT2D eigenvalue weighted by molar-refractivity contribution is 6.33. The van der Waals surface area contributed by atoms with Gasteiger partial charge in [-0.1, -0.05) is 29.7 Å². The second-order valence-corrected chi connectivity index (χ2v) is 5.65. The average molecular weight is 343 g/mol. The highest BCUT2D eigenvalue weighted by Crippen LogP contribution is 2.22. The molecule has 2 amide bonds. The van der Waals surface area contributed by atoms with E-state index in [0.29, 0.717) is 41.9 Å². The number of nitrogens with one attached hydrogen (secondary N) is 1. The van der Waals surface area contributed by atoms with E-state index >= 15 is 0 Å². The zero-order chi connectivity index (χ0) is 17.1. The van der Waals surface area contributed by atoms with Gasteiger partial charge in [-0.2, -0.15) is 0 Å². The molecule has 6 nitrogen and oxygen atoms in total. The Hall–Kier alpha value is -2.78. The van der Waals surface area contributed by atoms with Gasteiger partial charge in [0.25, 0.3) is 11.8 Å². The van der Waals surface area contributed by atoms with E-state index < -0.39 is 0 Å². The van der Waals surface area contributed by atoms with Crippen molar-refractivity contribution in [1.82, 2.24) is 14.5 Å². The average Bonchev–Trinajstić information content (AvgIpc) is 3.00. The number of imidazole rings is 1. The highest BCUT2D eigenvalue weighted by Gasteiger charge is 2.25. The van der Waals surface area contributed by atoms with Gasteiger partial charge in [-0.15, -0.1) is 0 Å². The molecular formula is C17H15ClN4O2. The predicted octanol–water partition coefficient (Wildman–Crippen LogP) is 2.15. The van der Waals surface area contributed by atoms with E-state index in [1.807, 2.05) is 4.57 Å². The molecule has 1 aliphatic heterocycles. The van der Waals surface area contributed by atoms with Gasteiger partial charge in [-0.3, -0.25) is 9.59 Å². The molecule has 0 radical (unpaired) electrons. The number of hydrogen-bond donors (Lipinski definition) is 1.